The fourth-order valence-corrected chi connectivity index (χ4v) is 5.50. The lowest BCUT2D eigenvalue weighted by molar-refractivity contribution is 0.0328. The van der Waals surface area contributed by atoms with E-state index in [4.69, 9.17) is 32.5 Å². The van der Waals surface area contributed by atoms with E-state index in [-0.39, 0.29) is 6.10 Å². The van der Waals surface area contributed by atoms with Crippen molar-refractivity contribution in [1.82, 2.24) is 15.3 Å². The van der Waals surface area contributed by atoms with Gasteiger partial charge in [0.15, 0.2) is 5.82 Å². The van der Waals surface area contributed by atoms with Crippen LogP contribution in [0.5, 0.6) is 0 Å². The molecule has 0 bridgehead atoms. The first-order valence-electron chi connectivity index (χ1n) is 12.5. The van der Waals surface area contributed by atoms with Crippen molar-refractivity contribution in [1.29, 1.82) is 0 Å². The van der Waals surface area contributed by atoms with Gasteiger partial charge in [-0.3, -0.25) is 9.51 Å². The molecule has 1 unspecified atom stereocenters. The van der Waals surface area contributed by atoms with E-state index in [1.165, 1.54) is 0 Å². The molecular weight excluding hydrogens is 515 g/mol. The summed E-state index contributed by atoms with van der Waals surface area (Å²) in [5.41, 5.74) is 4.27. The number of hydrogen-bond donors (Lipinski definition) is 1. The number of benzene rings is 2. The molecule has 192 valence electrons. The van der Waals surface area contributed by atoms with Crippen LogP contribution in [0.3, 0.4) is 0 Å². The number of nitrogens with zero attached hydrogens (tertiary/aromatic N) is 3. The topological polar surface area (TPSA) is 97.4 Å². The number of halogens is 2. The van der Waals surface area contributed by atoms with Crippen molar-refractivity contribution in [3.63, 3.8) is 0 Å². The zero-order chi connectivity index (χ0) is 25.4. The van der Waals surface area contributed by atoms with Crippen molar-refractivity contribution in [2.75, 3.05) is 18.0 Å². The number of aromatic nitrogens is 3. The van der Waals surface area contributed by atoms with E-state index in [1.54, 1.807) is 0 Å². The first-order chi connectivity index (χ1) is 18.1. The molecule has 2 aliphatic rings. The number of nitrogens with one attached hydrogen (secondary N) is 1. The fourth-order valence-electron chi connectivity index (χ4n) is 4.92. The van der Waals surface area contributed by atoms with Gasteiger partial charge in [0.1, 0.15) is 11.5 Å². The molecule has 37 heavy (non-hydrogen) atoms. The van der Waals surface area contributed by atoms with E-state index in [0.29, 0.717) is 39.7 Å². The Labute approximate surface area is 223 Å². The molecule has 8 nitrogen and oxygen atoms in total. The molecule has 2 aromatic carbocycles. The summed E-state index contributed by atoms with van der Waals surface area (Å²) in [4.78, 5) is 16.2. The second-order valence-corrected chi connectivity index (χ2v) is 10.4. The van der Waals surface area contributed by atoms with Crippen LogP contribution in [0.1, 0.15) is 49.3 Å². The molecule has 1 N–H and O–H groups in total. The molecule has 2 aromatic heterocycles. The van der Waals surface area contributed by atoms with Crippen LogP contribution in [0.4, 0.5) is 5.69 Å². The Morgan fingerprint density at radius 2 is 1.76 bits per heavy atom. The highest BCUT2D eigenvalue weighted by molar-refractivity contribution is 6.39. The van der Waals surface area contributed by atoms with Crippen molar-refractivity contribution >= 4 is 28.9 Å². The predicted molar refractivity (Wildman–Crippen MR) is 141 cm³/mol. The minimum Gasteiger partial charge on any atom is -0.373 e. The molecule has 1 saturated carbocycles. The molecule has 1 aliphatic carbocycles. The molecule has 6 rings (SSSR count). The molecule has 0 spiro atoms. The monoisotopic (exact) mass is 540 g/mol. The zero-order valence-corrected chi connectivity index (χ0v) is 21.6. The van der Waals surface area contributed by atoms with Crippen LogP contribution in [0.2, 0.25) is 10.0 Å². The number of anilines is 1. The van der Waals surface area contributed by atoms with Crippen LogP contribution < -0.4 is 10.7 Å². The van der Waals surface area contributed by atoms with Gasteiger partial charge in [0, 0.05) is 41.4 Å². The van der Waals surface area contributed by atoms with Crippen molar-refractivity contribution < 1.29 is 13.8 Å². The van der Waals surface area contributed by atoms with Gasteiger partial charge in [0.05, 0.1) is 22.8 Å². The van der Waals surface area contributed by atoms with Crippen LogP contribution in [0.15, 0.2) is 56.3 Å². The Morgan fingerprint density at radius 3 is 2.46 bits per heavy atom. The second-order valence-electron chi connectivity index (χ2n) is 9.59. The number of H-pyrrole nitrogens is 1. The molecule has 10 heteroatoms. The largest absolute Gasteiger partial charge is 0.439 e. The number of ether oxygens (including phenoxy) is 1. The fraction of sp³-hybridized carbons (Fsp3) is 0.370. The maximum Gasteiger partial charge on any atom is 0.439 e. The van der Waals surface area contributed by atoms with E-state index in [1.807, 2.05) is 42.5 Å². The SMILES string of the molecule is O=c1[nH]c(-c2ccc(N3CCCC(OCc4c(-c5c(Cl)cccc5Cl)noc4C4CC4)CC3)cc2)no1. The summed E-state index contributed by atoms with van der Waals surface area (Å²) >= 11 is 13.0. The van der Waals surface area contributed by atoms with Gasteiger partial charge in [0.25, 0.3) is 0 Å². The smallest absolute Gasteiger partial charge is 0.373 e. The van der Waals surface area contributed by atoms with Gasteiger partial charge >= 0.3 is 5.76 Å². The van der Waals surface area contributed by atoms with Gasteiger partial charge in [0.2, 0.25) is 0 Å². The molecule has 4 aromatic rings. The van der Waals surface area contributed by atoms with E-state index in [2.05, 4.69) is 24.7 Å². The average Bonchev–Trinajstić information content (AvgIpc) is 3.59. The van der Waals surface area contributed by atoms with Crippen molar-refractivity contribution in [2.24, 2.45) is 0 Å². The maximum absolute atomic E-state index is 11.2. The molecule has 3 heterocycles. The predicted octanol–water partition coefficient (Wildman–Crippen LogP) is 6.44. The summed E-state index contributed by atoms with van der Waals surface area (Å²) in [5.74, 6) is 1.16. The van der Waals surface area contributed by atoms with E-state index < -0.39 is 5.76 Å². The summed E-state index contributed by atoms with van der Waals surface area (Å²) in [7, 11) is 0. The number of rotatable bonds is 7. The summed E-state index contributed by atoms with van der Waals surface area (Å²) in [5, 5.41) is 9.23. The van der Waals surface area contributed by atoms with Crippen molar-refractivity contribution in [3.8, 4) is 22.6 Å². The van der Waals surface area contributed by atoms with Crippen molar-refractivity contribution in [3.05, 3.63) is 74.4 Å². The van der Waals surface area contributed by atoms with Gasteiger partial charge in [-0.05, 0) is 68.5 Å². The van der Waals surface area contributed by atoms with Gasteiger partial charge in [-0.2, -0.15) is 0 Å². The Morgan fingerprint density at radius 1 is 0.973 bits per heavy atom. The molecule has 1 saturated heterocycles. The molecule has 0 amide bonds. The Hall–Kier alpha value is -3.07. The highest BCUT2D eigenvalue weighted by Crippen LogP contribution is 2.46. The van der Waals surface area contributed by atoms with Crippen LogP contribution in [-0.4, -0.2) is 34.5 Å². The minimum atomic E-state index is -0.560. The van der Waals surface area contributed by atoms with Gasteiger partial charge in [-0.25, -0.2) is 4.79 Å². The lowest BCUT2D eigenvalue weighted by Gasteiger charge is -2.23. The lowest BCUT2D eigenvalue weighted by Crippen LogP contribution is -2.24. The first-order valence-corrected chi connectivity index (χ1v) is 13.3. The normalized spacial score (nSPS) is 18.2. The highest BCUT2D eigenvalue weighted by atomic mass is 35.5. The zero-order valence-electron chi connectivity index (χ0n) is 20.1. The molecular formula is C27H26Cl2N4O4. The molecule has 2 fully saturated rings. The quantitative estimate of drug-likeness (QED) is 0.287. The van der Waals surface area contributed by atoms with Gasteiger partial charge < -0.3 is 14.2 Å². The second kappa shape index (κ2) is 10.4. The van der Waals surface area contributed by atoms with Gasteiger partial charge in [-0.1, -0.05) is 39.6 Å². The summed E-state index contributed by atoms with van der Waals surface area (Å²) in [6.45, 7) is 2.25. The van der Waals surface area contributed by atoms with Crippen molar-refractivity contribution in [2.45, 2.75) is 50.7 Å². The Balaban J connectivity index is 1.13. The minimum absolute atomic E-state index is 0.126. The third-order valence-electron chi connectivity index (χ3n) is 7.05. The third kappa shape index (κ3) is 5.19. The van der Waals surface area contributed by atoms with E-state index in [9.17, 15) is 4.79 Å². The third-order valence-corrected chi connectivity index (χ3v) is 7.68. The number of hydrogen-bond acceptors (Lipinski definition) is 7. The average molecular weight is 541 g/mol. The van der Waals surface area contributed by atoms with E-state index in [0.717, 1.165) is 67.8 Å². The summed E-state index contributed by atoms with van der Waals surface area (Å²) in [6.07, 6.45) is 5.22. The van der Waals surface area contributed by atoms with Crippen LogP contribution in [0.25, 0.3) is 22.6 Å². The summed E-state index contributed by atoms with van der Waals surface area (Å²) < 4.78 is 16.9. The van der Waals surface area contributed by atoms with Crippen LogP contribution in [-0.2, 0) is 11.3 Å². The van der Waals surface area contributed by atoms with Gasteiger partial charge in [-0.15, -0.1) is 0 Å². The Kier molecular flexibility index (Phi) is 6.80. The molecule has 1 aliphatic heterocycles. The first kappa shape index (κ1) is 24.3. The van der Waals surface area contributed by atoms with Crippen LogP contribution in [0, 0.1) is 0 Å². The van der Waals surface area contributed by atoms with E-state index >= 15 is 0 Å². The summed E-state index contributed by atoms with van der Waals surface area (Å²) in [6, 6.07) is 13.4. The molecule has 0 radical (unpaired) electrons. The highest BCUT2D eigenvalue weighted by Gasteiger charge is 2.34. The number of aromatic amines is 1. The molecule has 1 atom stereocenters. The lowest BCUT2D eigenvalue weighted by atomic mass is 10.0. The Bertz CT molecular complexity index is 1420. The maximum atomic E-state index is 11.2. The standard InChI is InChI=1S/C27H26Cl2N4O4/c28-21-4-1-5-22(29)23(21)24-20(25(36-31-24)16-6-7-16)15-35-19-3-2-13-33(14-12-19)18-10-8-17(9-11-18)26-30-27(34)37-32-26/h1,4-5,8-11,16,19H,2-3,6-7,12-15H2,(H,30,32,34). The van der Waals surface area contributed by atoms with Crippen LogP contribution >= 0.6 is 23.2 Å².